The Balaban J connectivity index is 2.98. The summed E-state index contributed by atoms with van der Waals surface area (Å²) in [6.45, 7) is 2.07. The normalized spacial score (nSPS) is 10.0. The van der Waals surface area contributed by atoms with E-state index in [-0.39, 0.29) is 0 Å². The monoisotopic (exact) mass is 308 g/mol. The van der Waals surface area contributed by atoms with Crippen molar-refractivity contribution in [2.75, 3.05) is 5.75 Å². The van der Waals surface area contributed by atoms with E-state index in [9.17, 15) is 4.79 Å². The fourth-order valence-electron chi connectivity index (χ4n) is 0.926. The molecule has 1 rings (SSSR count). The summed E-state index contributed by atoms with van der Waals surface area (Å²) >= 11 is 3.76. The predicted molar refractivity (Wildman–Crippen MR) is 62.5 cm³/mol. The molecule has 70 valence electrons. The number of thioether (sulfide) groups is 1. The van der Waals surface area contributed by atoms with E-state index < -0.39 is 5.97 Å². The summed E-state index contributed by atoms with van der Waals surface area (Å²) in [6.07, 6.45) is 0. The van der Waals surface area contributed by atoms with Crippen LogP contribution in [-0.4, -0.2) is 16.8 Å². The van der Waals surface area contributed by atoms with Crippen molar-refractivity contribution >= 4 is 40.3 Å². The van der Waals surface area contributed by atoms with Crippen molar-refractivity contribution in [3.63, 3.8) is 0 Å². The number of rotatable bonds is 3. The summed E-state index contributed by atoms with van der Waals surface area (Å²) < 4.78 is 0.795. The summed E-state index contributed by atoms with van der Waals surface area (Å²) in [7, 11) is 0. The van der Waals surface area contributed by atoms with E-state index in [0.717, 1.165) is 14.2 Å². The van der Waals surface area contributed by atoms with Gasteiger partial charge in [-0.25, -0.2) is 4.79 Å². The maximum absolute atomic E-state index is 10.7. The maximum atomic E-state index is 10.7. The lowest BCUT2D eigenvalue weighted by Gasteiger charge is -2.02. The summed E-state index contributed by atoms with van der Waals surface area (Å²) in [5.41, 5.74) is 0.376. The van der Waals surface area contributed by atoms with Gasteiger partial charge in [0.1, 0.15) is 0 Å². The fraction of sp³-hybridized carbons (Fsp3) is 0.222. The fourth-order valence-corrected chi connectivity index (χ4v) is 2.58. The minimum absolute atomic E-state index is 0.376. The summed E-state index contributed by atoms with van der Waals surface area (Å²) in [6, 6.07) is 5.40. The van der Waals surface area contributed by atoms with Crippen molar-refractivity contribution in [2.45, 2.75) is 11.8 Å². The molecule has 0 amide bonds. The third-order valence-corrected chi connectivity index (χ3v) is 3.25. The second kappa shape index (κ2) is 4.85. The highest BCUT2D eigenvalue weighted by Crippen LogP contribution is 2.22. The van der Waals surface area contributed by atoms with Crippen molar-refractivity contribution < 1.29 is 9.90 Å². The Morgan fingerprint density at radius 2 is 2.31 bits per heavy atom. The van der Waals surface area contributed by atoms with Crippen molar-refractivity contribution in [1.29, 1.82) is 0 Å². The van der Waals surface area contributed by atoms with Gasteiger partial charge in [-0.05, 0) is 46.5 Å². The molecule has 1 N–H and O–H groups in total. The van der Waals surface area contributed by atoms with Gasteiger partial charge in [-0.1, -0.05) is 6.92 Å². The van der Waals surface area contributed by atoms with E-state index in [4.69, 9.17) is 5.11 Å². The Labute approximate surface area is 94.9 Å². The SMILES string of the molecule is CCSc1ccc(C(=O)O)c(I)c1. The maximum Gasteiger partial charge on any atom is 0.336 e. The van der Waals surface area contributed by atoms with Gasteiger partial charge < -0.3 is 5.11 Å². The molecular formula is C9H9IO2S. The molecule has 2 nitrogen and oxygen atoms in total. The minimum Gasteiger partial charge on any atom is -0.478 e. The van der Waals surface area contributed by atoms with E-state index >= 15 is 0 Å². The highest BCUT2D eigenvalue weighted by molar-refractivity contribution is 14.1. The number of benzene rings is 1. The number of carbonyl (C=O) groups is 1. The molecule has 0 radical (unpaired) electrons. The van der Waals surface area contributed by atoms with Crippen LogP contribution in [0.2, 0.25) is 0 Å². The van der Waals surface area contributed by atoms with Crippen molar-refractivity contribution in [3.05, 3.63) is 27.3 Å². The zero-order valence-electron chi connectivity index (χ0n) is 7.08. The first-order valence-corrected chi connectivity index (χ1v) is 5.87. The van der Waals surface area contributed by atoms with Gasteiger partial charge in [0.25, 0.3) is 0 Å². The quantitative estimate of drug-likeness (QED) is 0.689. The van der Waals surface area contributed by atoms with Gasteiger partial charge >= 0.3 is 5.97 Å². The number of hydrogen-bond donors (Lipinski definition) is 1. The largest absolute Gasteiger partial charge is 0.478 e. The van der Waals surface area contributed by atoms with Crippen molar-refractivity contribution in [1.82, 2.24) is 0 Å². The zero-order valence-corrected chi connectivity index (χ0v) is 10.1. The molecule has 0 aliphatic rings. The van der Waals surface area contributed by atoms with Crippen LogP contribution >= 0.6 is 34.4 Å². The van der Waals surface area contributed by atoms with Crippen LogP contribution < -0.4 is 0 Å². The molecule has 4 heteroatoms. The molecule has 0 aliphatic heterocycles. The van der Waals surface area contributed by atoms with E-state index in [1.165, 1.54) is 0 Å². The Morgan fingerprint density at radius 1 is 1.62 bits per heavy atom. The molecule has 0 unspecified atom stereocenters. The van der Waals surface area contributed by atoms with Gasteiger partial charge in [-0.15, -0.1) is 11.8 Å². The highest BCUT2D eigenvalue weighted by Gasteiger charge is 2.07. The molecule has 1 aromatic rings. The van der Waals surface area contributed by atoms with Crippen molar-refractivity contribution in [2.24, 2.45) is 0 Å². The van der Waals surface area contributed by atoms with Crippen molar-refractivity contribution in [3.8, 4) is 0 Å². The average Bonchev–Trinajstić information content (AvgIpc) is 2.04. The molecular weight excluding hydrogens is 299 g/mol. The molecule has 0 saturated heterocycles. The third-order valence-electron chi connectivity index (χ3n) is 1.48. The van der Waals surface area contributed by atoms with Crippen LogP contribution in [0.25, 0.3) is 0 Å². The number of carboxylic acids is 1. The Morgan fingerprint density at radius 3 is 2.77 bits per heavy atom. The molecule has 0 atom stereocenters. The minimum atomic E-state index is -0.863. The second-order valence-electron chi connectivity index (χ2n) is 2.38. The van der Waals surface area contributed by atoms with Gasteiger partial charge in [-0.2, -0.15) is 0 Å². The summed E-state index contributed by atoms with van der Waals surface area (Å²) in [5, 5.41) is 8.77. The van der Waals surface area contributed by atoms with Crippen LogP contribution in [0.1, 0.15) is 17.3 Å². The smallest absolute Gasteiger partial charge is 0.336 e. The van der Waals surface area contributed by atoms with E-state index in [1.54, 1.807) is 17.8 Å². The number of carboxylic acid groups (broad SMARTS) is 1. The van der Waals surface area contributed by atoms with Crippen LogP contribution in [0, 0.1) is 3.57 Å². The van der Waals surface area contributed by atoms with Crippen LogP contribution in [0.5, 0.6) is 0 Å². The molecule has 1 aromatic carbocycles. The molecule has 0 heterocycles. The lowest BCUT2D eigenvalue weighted by molar-refractivity contribution is 0.0695. The average molecular weight is 308 g/mol. The van der Waals surface area contributed by atoms with Crippen LogP contribution in [-0.2, 0) is 0 Å². The van der Waals surface area contributed by atoms with Gasteiger partial charge in [-0.3, -0.25) is 0 Å². The highest BCUT2D eigenvalue weighted by atomic mass is 127. The second-order valence-corrected chi connectivity index (χ2v) is 4.88. The van der Waals surface area contributed by atoms with Gasteiger partial charge in [0.2, 0.25) is 0 Å². The Bertz CT molecular complexity index is 325. The molecule has 0 saturated carbocycles. The summed E-state index contributed by atoms with van der Waals surface area (Å²) in [5.74, 6) is 0.139. The topological polar surface area (TPSA) is 37.3 Å². The first-order valence-electron chi connectivity index (χ1n) is 3.80. The van der Waals surface area contributed by atoms with Gasteiger partial charge in [0.15, 0.2) is 0 Å². The standard InChI is InChI=1S/C9H9IO2S/c1-2-13-6-3-4-7(9(11)12)8(10)5-6/h3-5H,2H2,1H3,(H,11,12). The van der Waals surface area contributed by atoms with Crippen LogP contribution in [0.3, 0.4) is 0 Å². The first kappa shape index (κ1) is 10.8. The number of aromatic carboxylic acids is 1. The molecule has 0 spiro atoms. The molecule has 13 heavy (non-hydrogen) atoms. The Kier molecular flexibility index (Phi) is 4.05. The van der Waals surface area contributed by atoms with Gasteiger partial charge in [0.05, 0.1) is 5.56 Å². The van der Waals surface area contributed by atoms with E-state index in [1.807, 2.05) is 34.7 Å². The summed E-state index contributed by atoms with van der Waals surface area (Å²) in [4.78, 5) is 11.8. The molecule has 0 fully saturated rings. The van der Waals surface area contributed by atoms with E-state index in [0.29, 0.717) is 5.56 Å². The van der Waals surface area contributed by atoms with Crippen LogP contribution in [0.15, 0.2) is 23.1 Å². The third kappa shape index (κ3) is 2.87. The Hall–Kier alpha value is -0.230. The lowest BCUT2D eigenvalue weighted by atomic mass is 10.2. The lowest BCUT2D eigenvalue weighted by Crippen LogP contribution is -1.99. The van der Waals surface area contributed by atoms with E-state index in [2.05, 4.69) is 6.92 Å². The number of halogens is 1. The molecule has 0 aromatic heterocycles. The van der Waals surface area contributed by atoms with Gasteiger partial charge in [0, 0.05) is 8.47 Å². The van der Waals surface area contributed by atoms with Crippen LogP contribution in [0.4, 0.5) is 0 Å². The molecule has 0 bridgehead atoms. The molecule has 0 aliphatic carbocycles. The zero-order chi connectivity index (χ0) is 9.84. The number of hydrogen-bond acceptors (Lipinski definition) is 2. The predicted octanol–water partition coefficient (Wildman–Crippen LogP) is 3.10. The first-order chi connectivity index (χ1) is 6.15.